The van der Waals surface area contributed by atoms with Crippen LogP contribution in [0.2, 0.25) is 0 Å². The zero-order valence-corrected chi connectivity index (χ0v) is 10.4. The summed E-state index contributed by atoms with van der Waals surface area (Å²) < 4.78 is 0. The fourth-order valence-electron chi connectivity index (χ4n) is 1.71. The Morgan fingerprint density at radius 1 is 1.47 bits per heavy atom. The van der Waals surface area contributed by atoms with Crippen LogP contribution in [0.25, 0.3) is 10.9 Å². The predicted molar refractivity (Wildman–Crippen MR) is 74.4 cm³/mol. The van der Waals surface area contributed by atoms with E-state index in [2.05, 4.69) is 16.9 Å². The molecule has 0 saturated heterocycles. The first-order valence-electron chi connectivity index (χ1n) is 5.30. The molecule has 0 amide bonds. The molecular formula is C13H14ClN3. The van der Waals surface area contributed by atoms with Crippen molar-refractivity contribution in [3.63, 3.8) is 0 Å². The molecule has 3 nitrogen and oxygen atoms in total. The van der Waals surface area contributed by atoms with Gasteiger partial charge in [-0.05, 0) is 31.2 Å². The summed E-state index contributed by atoms with van der Waals surface area (Å²) in [5, 5.41) is 4.79. The number of hydrogen-bond donors (Lipinski definition) is 2. The van der Waals surface area contributed by atoms with E-state index in [0.29, 0.717) is 11.6 Å². The maximum Gasteiger partial charge on any atom is 0.0727 e. The maximum atomic E-state index is 5.79. The lowest BCUT2D eigenvalue weighted by Crippen LogP contribution is -2.02. The molecule has 0 fully saturated rings. The fourth-order valence-corrected chi connectivity index (χ4v) is 1.78. The Kier molecular flexibility index (Phi) is 3.20. The van der Waals surface area contributed by atoms with Crippen LogP contribution < -0.4 is 11.1 Å². The van der Waals surface area contributed by atoms with Gasteiger partial charge in [-0.3, -0.25) is 4.98 Å². The van der Waals surface area contributed by atoms with Crippen molar-refractivity contribution in [1.82, 2.24) is 4.98 Å². The van der Waals surface area contributed by atoms with Crippen LogP contribution in [-0.4, -0.2) is 11.5 Å². The highest BCUT2D eigenvalue weighted by Gasteiger charge is 2.04. The molecule has 4 heteroatoms. The van der Waals surface area contributed by atoms with Crippen molar-refractivity contribution in [1.29, 1.82) is 0 Å². The van der Waals surface area contributed by atoms with Crippen LogP contribution in [0.5, 0.6) is 0 Å². The summed E-state index contributed by atoms with van der Waals surface area (Å²) in [5.41, 5.74) is 9.35. The molecule has 0 radical (unpaired) electrons. The average molecular weight is 248 g/mol. The molecule has 0 aliphatic carbocycles. The molecule has 88 valence electrons. The second-order valence-electron chi connectivity index (χ2n) is 3.96. The number of anilines is 2. The van der Waals surface area contributed by atoms with E-state index in [1.54, 1.807) is 0 Å². The Bertz CT molecular complexity index is 578. The summed E-state index contributed by atoms with van der Waals surface area (Å²) >= 11 is 5.75. The van der Waals surface area contributed by atoms with Gasteiger partial charge in [-0.15, -0.1) is 0 Å². The van der Waals surface area contributed by atoms with E-state index < -0.39 is 0 Å². The van der Waals surface area contributed by atoms with Gasteiger partial charge in [-0.25, -0.2) is 0 Å². The fraction of sp³-hybridized carbons (Fsp3) is 0.154. The Morgan fingerprint density at radius 3 is 2.94 bits per heavy atom. The van der Waals surface area contributed by atoms with Gasteiger partial charge in [0.05, 0.1) is 12.1 Å². The second kappa shape index (κ2) is 4.63. The number of halogens is 1. The molecule has 0 saturated carbocycles. The van der Waals surface area contributed by atoms with Gasteiger partial charge in [-0.1, -0.05) is 18.2 Å². The zero-order chi connectivity index (χ0) is 12.4. The SMILES string of the molecule is C=C(Cl)CNc1cc(C)nc2ccc(N)cc12. The highest BCUT2D eigenvalue weighted by atomic mass is 35.5. The van der Waals surface area contributed by atoms with Crippen molar-refractivity contribution in [3.8, 4) is 0 Å². The van der Waals surface area contributed by atoms with E-state index in [0.717, 1.165) is 28.0 Å². The summed E-state index contributed by atoms with van der Waals surface area (Å²) in [6.07, 6.45) is 0. The van der Waals surface area contributed by atoms with Crippen molar-refractivity contribution in [2.75, 3.05) is 17.6 Å². The molecule has 0 aliphatic rings. The summed E-state index contributed by atoms with van der Waals surface area (Å²) in [6, 6.07) is 7.64. The number of hydrogen-bond acceptors (Lipinski definition) is 3. The molecule has 2 aromatic rings. The molecule has 0 spiro atoms. The van der Waals surface area contributed by atoms with Crippen molar-refractivity contribution in [3.05, 3.63) is 41.6 Å². The molecule has 0 aliphatic heterocycles. The Labute approximate surface area is 105 Å². The average Bonchev–Trinajstić information content (AvgIpc) is 2.26. The summed E-state index contributed by atoms with van der Waals surface area (Å²) in [4.78, 5) is 4.45. The molecule has 0 bridgehead atoms. The standard InChI is InChI=1S/C13H14ClN3/c1-8(14)7-16-13-5-9(2)17-12-4-3-10(15)6-11(12)13/h3-6H,1,7,15H2,2H3,(H,16,17). The first-order valence-corrected chi connectivity index (χ1v) is 5.68. The number of nitrogen functional groups attached to an aromatic ring is 1. The highest BCUT2D eigenvalue weighted by Crippen LogP contribution is 2.25. The van der Waals surface area contributed by atoms with Gasteiger partial charge < -0.3 is 11.1 Å². The second-order valence-corrected chi connectivity index (χ2v) is 4.49. The molecule has 17 heavy (non-hydrogen) atoms. The quantitative estimate of drug-likeness (QED) is 0.819. The van der Waals surface area contributed by atoms with E-state index in [1.807, 2.05) is 31.2 Å². The minimum Gasteiger partial charge on any atom is -0.399 e. The third kappa shape index (κ3) is 2.68. The zero-order valence-electron chi connectivity index (χ0n) is 9.63. The normalized spacial score (nSPS) is 10.5. The van der Waals surface area contributed by atoms with Crippen LogP contribution in [0.3, 0.4) is 0 Å². The third-order valence-corrected chi connectivity index (χ3v) is 2.57. The van der Waals surface area contributed by atoms with Gasteiger partial charge in [0.1, 0.15) is 0 Å². The first-order chi connectivity index (χ1) is 8.06. The number of fused-ring (bicyclic) bond motifs is 1. The van der Waals surface area contributed by atoms with E-state index in [9.17, 15) is 0 Å². The number of benzene rings is 1. The molecule has 1 heterocycles. The minimum atomic E-state index is 0.523. The lowest BCUT2D eigenvalue weighted by Gasteiger charge is -2.10. The molecule has 3 N–H and O–H groups in total. The van der Waals surface area contributed by atoms with Crippen LogP contribution >= 0.6 is 11.6 Å². The van der Waals surface area contributed by atoms with Crippen molar-refractivity contribution < 1.29 is 0 Å². The number of aryl methyl sites for hydroxylation is 1. The Hall–Kier alpha value is -1.74. The Balaban J connectivity index is 2.51. The minimum absolute atomic E-state index is 0.523. The predicted octanol–water partition coefficient (Wildman–Crippen LogP) is 3.29. The van der Waals surface area contributed by atoms with Crippen molar-refractivity contribution >= 4 is 33.9 Å². The van der Waals surface area contributed by atoms with Gasteiger partial charge in [0, 0.05) is 27.5 Å². The monoisotopic (exact) mass is 247 g/mol. The number of rotatable bonds is 3. The number of aromatic nitrogens is 1. The first kappa shape index (κ1) is 11.7. The number of nitrogens with two attached hydrogens (primary N) is 1. The van der Waals surface area contributed by atoms with E-state index in [4.69, 9.17) is 17.3 Å². The smallest absolute Gasteiger partial charge is 0.0727 e. The van der Waals surface area contributed by atoms with E-state index in [-0.39, 0.29) is 0 Å². The molecule has 0 atom stereocenters. The highest BCUT2D eigenvalue weighted by molar-refractivity contribution is 6.29. The van der Waals surface area contributed by atoms with Crippen LogP contribution in [-0.2, 0) is 0 Å². The van der Waals surface area contributed by atoms with Gasteiger partial charge in [0.15, 0.2) is 0 Å². The Morgan fingerprint density at radius 2 is 2.24 bits per heavy atom. The number of pyridine rings is 1. The van der Waals surface area contributed by atoms with Gasteiger partial charge in [0.2, 0.25) is 0 Å². The lowest BCUT2D eigenvalue weighted by molar-refractivity contribution is 1.24. The topological polar surface area (TPSA) is 50.9 Å². The van der Waals surface area contributed by atoms with Crippen LogP contribution in [0, 0.1) is 6.92 Å². The third-order valence-electron chi connectivity index (χ3n) is 2.43. The molecule has 2 rings (SSSR count). The van der Waals surface area contributed by atoms with Crippen molar-refractivity contribution in [2.45, 2.75) is 6.92 Å². The number of nitrogens with one attached hydrogen (secondary N) is 1. The van der Waals surface area contributed by atoms with E-state index >= 15 is 0 Å². The summed E-state index contributed by atoms with van der Waals surface area (Å²) in [6.45, 7) is 6.13. The largest absolute Gasteiger partial charge is 0.399 e. The molecule has 0 unspecified atom stereocenters. The van der Waals surface area contributed by atoms with Gasteiger partial charge >= 0.3 is 0 Å². The molecular weight excluding hydrogens is 234 g/mol. The van der Waals surface area contributed by atoms with Crippen LogP contribution in [0.15, 0.2) is 35.9 Å². The lowest BCUT2D eigenvalue weighted by atomic mass is 10.1. The molecule has 1 aromatic carbocycles. The summed E-state index contributed by atoms with van der Waals surface area (Å²) in [5.74, 6) is 0. The van der Waals surface area contributed by atoms with E-state index in [1.165, 1.54) is 0 Å². The summed E-state index contributed by atoms with van der Waals surface area (Å²) in [7, 11) is 0. The van der Waals surface area contributed by atoms with Crippen molar-refractivity contribution in [2.24, 2.45) is 0 Å². The number of nitrogens with zero attached hydrogens (tertiary/aromatic N) is 1. The van der Waals surface area contributed by atoms with Crippen LogP contribution in [0.1, 0.15) is 5.69 Å². The molecule has 1 aromatic heterocycles. The maximum absolute atomic E-state index is 5.79. The van der Waals surface area contributed by atoms with Gasteiger partial charge in [0.25, 0.3) is 0 Å². The van der Waals surface area contributed by atoms with Crippen LogP contribution in [0.4, 0.5) is 11.4 Å². The van der Waals surface area contributed by atoms with Gasteiger partial charge in [-0.2, -0.15) is 0 Å².